The number of ether oxygens (including phenoxy) is 1. The average molecular weight is 331 g/mol. The van der Waals surface area contributed by atoms with Crippen LogP contribution in [0.4, 0.5) is 11.4 Å². The molecular formula is C18H25N3O3. The van der Waals surface area contributed by atoms with E-state index < -0.39 is 0 Å². The first-order chi connectivity index (χ1) is 11.4. The van der Waals surface area contributed by atoms with Gasteiger partial charge in [0.15, 0.2) is 0 Å². The van der Waals surface area contributed by atoms with E-state index in [1.807, 2.05) is 24.3 Å². The van der Waals surface area contributed by atoms with Crippen molar-refractivity contribution in [2.75, 3.05) is 36.9 Å². The number of rotatable bonds is 5. The molecule has 0 saturated carbocycles. The van der Waals surface area contributed by atoms with E-state index >= 15 is 0 Å². The number of hydrogen-bond donors (Lipinski definition) is 1. The topological polar surface area (TPSA) is 61.9 Å². The van der Waals surface area contributed by atoms with Crippen LogP contribution < -0.4 is 10.2 Å². The van der Waals surface area contributed by atoms with Gasteiger partial charge < -0.3 is 19.9 Å². The van der Waals surface area contributed by atoms with Crippen LogP contribution in [0.1, 0.15) is 13.8 Å². The second kappa shape index (κ2) is 7.97. The Bertz CT molecular complexity index is 590. The van der Waals surface area contributed by atoms with Crippen molar-refractivity contribution in [1.82, 2.24) is 4.90 Å². The number of nitrogens with zero attached hydrogens (tertiary/aromatic N) is 2. The molecular weight excluding hydrogens is 306 g/mol. The highest BCUT2D eigenvalue weighted by molar-refractivity contribution is 5.96. The van der Waals surface area contributed by atoms with Crippen molar-refractivity contribution < 1.29 is 14.3 Å². The van der Waals surface area contributed by atoms with Crippen molar-refractivity contribution in [2.45, 2.75) is 26.1 Å². The summed E-state index contributed by atoms with van der Waals surface area (Å²) in [4.78, 5) is 26.9. The minimum Gasteiger partial charge on any atom is -0.372 e. The maximum absolute atomic E-state index is 11.9. The molecule has 2 amide bonds. The number of benzene rings is 1. The van der Waals surface area contributed by atoms with E-state index in [9.17, 15) is 9.59 Å². The van der Waals surface area contributed by atoms with Crippen LogP contribution in [0.5, 0.6) is 0 Å². The van der Waals surface area contributed by atoms with Gasteiger partial charge in [-0.15, -0.1) is 0 Å². The Morgan fingerprint density at radius 3 is 2.42 bits per heavy atom. The van der Waals surface area contributed by atoms with E-state index in [-0.39, 0.29) is 30.6 Å². The van der Waals surface area contributed by atoms with Crippen LogP contribution in [0.25, 0.3) is 0 Å². The zero-order valence-electron chi connectivity index (χ0n) is 14.5. The molecule has 1 heterocycles. The van der Waals surface area contributed by atoms with E-state index in [4.69, 9.17) is 4.74 Å². The molecule has 0 spiro atoms. The second-order valence-electron chi connectivity index (χ2n) is 6.16. The van der Waals surface area contributed by atoms with Crippen LogP contribution in [0.15, 0.2) is 36.9 Å². The predicted octanol–water partition coefficient (Wildman–Crippen LogP) is 1.88. The molecule has 0 bridgehead atoms. The highest BCUT2D eigenvalue weighted by atomic mass is 16.5. The number of hydrogen-bond acceptors (Lipinski definition) is 4. The van der Waals surface area contributed by atoms with Gasteiger partial charge in [0, 0.05) is 31.5 Å². The number of carbonyl (C=O) groups excluding carboxylic acids is 2. The standard InChI is InChI=1S/C18H25N3O3/c1-5-18(23)20(4)12-17(22)19-15-6-8-16(9-7-15)21-10-13(2)24-14(3)11-21/h5-9,13-14H,1,10-12H2,2-4H3,(H,19,22)/t13-,14+. The maximum atomic E-state index is 11.9. The van der Waals surface area contributed by atoms with E-state index in [0.29, 0.717) is 5.69 Å². The summed E-state index contributed by atoms with van der Waals surface area (Å²) in [5, 5.41) is 2.79. The van der Waals surface area contributed by atoms with Gasteiger partial charge in [0.1, 0.15) is 0 Å². The fourth-order valence-electron chi connectivity index (χ4n) is 2.79. The zero-order chi connectivity index (χ0) is 17.7. The van der Waals surface area contributed by atoms with Crippen LogP contribution in [0.2, 0.25) is 0 Å². The Balaban J connectivity index is 1.93. The molecule has 6 heteroatoms. The van der Waals surface area contributed by atoms with Crippen LogP contribution in [-0.4, -0.2) is 55.6 Å². The lowest BCUT2D eigenvalue weighted by molar-refractivity contribution is -0.129. The van der Waals surface area contributed by atoms with Gasteiger partial charge in [-0.25, -0.2) is 0 Å². The third-order valence-corrected chi connectivity index (χ3v) is 3.87. The molecule has 6 nitrogen and oxygen atoms in total. The monoisotopic (exact) mass is 331 g/mol. The van der Waals surface area contributed by atoms with E-state index in [0.717, 1.165) is 18.8 Å². The summed E-state index contributed by atoms with van der Waals surface area (Å²) in [6.45, 7) is 9.23. The van der Waals surface area contributed by atoms with Crippen molar-refractivity contribution >= 4 is 23.2 Å². The van der Waals surface area contributed by atoms with Gasteiger partial charge in [-0.05, 0) is 44.2 Å². The number of carbonyl (C=O) groups is 2. The molecule has 24 heavy (non-hydrogen) atoms. The SMILES string of the molecule is C=CC(=O)N(C)CC(=O)Nc1ccc(N2C[C@@H](C)O[C@@H](C)C2)cc1. The molecule has 1 aliphatic rings. The Kier molecular flexibility index (Phi) is 5.98. The summed E-state index contributed by atoms with van der Waals surface area (Å²) in [6.07, 6.45) is 1.59. The van der Waals surface area contributed by atoms with Crippen LogP contribution in [0, 0.1) is 0 Å². The lowest BCUT2D eigenvalue weighted by atomic mass is 10.2. The number of nitrogens with one attached hydrogen (secondary N) is 1. The van der Waals surface area contributed by atoms with Crippen molar-refractivity contribution in [2.24, 2.45) is 0 Å². The smallest absolute Gasteiger partial charge is 0.246 e. The Morgan fingerprint density at radius 1 is 1.29 bits per heavy atom. The lowest BCUT2D eigenvalue weighted by Gasteiger charge is -2.36. The molecule has 0 aliphatic carbocycles. The number of anilines is 2. The Hall–Kier alpha value is -2.34. The van der Waals surface area contributed by atoms with E-state index in [1.165, 1.54) is 11.0 Å². The molecule has 130 valence electrons. The molecule has 1 N–H and O–H groups in total. The molecule has 2 atom stereocenters. The summed E-state index contributed by atoms with van der Waals surface area (Å²) < 4.78 is 5.74. The maximum Gasteiger partial charge on any atom is 0.246 e. The molecule has 1 aromatic rings. The van der Waals surface area contributed by atoms with Gasteiger partial charge in [-0.3, -0.25) is 9.59 Å². The highest BCUT2D eigenvalue weighted by Crippen LogP contribution is 2.22. The van der Waals surface area contributed by atoms with E-state index in [1.54, 1.807) is 7.05 Å². The van der Waals surface area contributed by atoms with Crippen LogP contribution in [-0.2, 0) is 14.3 Å². The predicted molar refractivity (Wildman–Crippen MR) is 95.1 cm³/mol. The second-order valence-corrected chi connectivity index (χ2v) is 6.16. The first-order valence-electron chi connectivity index (χ1n) is 8.07. The van der Waals surface area contributed by atoms with Crippen molar-refractivity contribution in [3.8, 4) is 0 Å². The molecule has 1 aromatic carbocycles. The van der Waals surface area contributed by atoms with Crippen molar-refractivity contribution in [1.29, 1.82) is 0 Å². The quantitative estimate of drug-likeness (QED) is 0.837. The molecule has 0 aromatic heterocycles. The fourth-order valence-corrected chi connectivity index (χ4v) is 2.79. The zero-order valence-corrected chi connectivity index (χ0v) is 14.5. The fraction of sp³-hybridized carbons (Fsp3) is 0.444. The summed E-state index contributed by atoms with van der Waals surface area (Å²) >= 11 is 0. The van der Waals surface area contributed by atoms with Gasteiger partial charge in [0.05, 0.1) is 18.8 Å². The van der Waals surface area contributed by atoms with Crippen LogP contribution >= 0.6 is 0 Å². The van der Waals surface area contributed by atoms with Crippen molar-refractivity contribution in [3.63, 3.8) is 0 Å². The molecule has 1 fully saturated rings. The molecule has 1 saturated heterocycles. The van der Waals surface area contributed by atoms with Gasteiger partial charge in [0.25, 0.3) is 0 Å². The van der Waals surface area contributed by atoms with Crippen LogP contribution in [0.3, 0.4) is 0 Å². The summed E-state index contributed by atoms with van der Waals surface area (Å²) in [5.74, 6) is -0.523. The number of morpholine rings is 1. The average Bonchev–Trinajstić information content (AvgIpc) is 2.53. The lowest BCUT2D eigenvalue weighted by Crippen LogP contribution is -2.45. The highest BCUT2D eigenvalue weighted by Gasteiger charge is 2.22. The van der Waals surface area contributed by atoms with Gasteiger partial charge in [-0.2, -0.15) is 0 Å². The van der Waals surface area contributed by atoms with Gasteiger partial charge in [0.2, 0.25) is 11.8 Å². The molecule has 2 rings (SSSR count). The van der Waals surface area contributed by atoms with E-state index in [2.05, 4.69) is 30.6 Å². The third kappa shape index (κ3) is 4.83. The minimum atomic E-state index is -0.281. The third-order valence-electron chi connectivity index (χ3n) is 3.87. The summed E-state index contributed by atoms with van der Waals surface area (Å²) in [6, 6.07) is 7.71. The largest absolute Gasteiger partial charge is 0.372 e. The molecule has 0 radical (unpaired) electrons. The molecule has 1 aliphatic heterocycles. The van der Waals surface area contributed by atoms with Gasteiger partial charge >= 0.3 is 0 Å². The number of likely N-dealkylation sites (N-methyl/N-ethyl adjacent to an activating group) is 1. The summed E-state index contributed by atoms with van der Waals surface area (Å²) in [7, 11) is 1.56. The minimum absolute atomic E-state index is 0.00883. The normalized spacial score (nSPS) is 20.4. The first kappa shape index (κ1) is 18.0. The number of amides is 2. The summed E-state index contributed by atoms with van der Waals surface area (Å²) in [5.41, 5.74) is 1.81. The molecule has 0 unspecified atom stereocenters. The first-order valence-corrected chi connectivity index (χ1v) is 8.07. The Morgan fingerprint density at radius 2 is 1.88 bits per heavy atom. The van der Waals surface area contributed by atoms with Crippen molar-refractivity contribution in [3.05, 3.63) is 36.9 Å². The van der Waals surface area contributed by atoms with Gasteiger partial charge in [-0.1, -0.05) is 6.58 Å². The Labute approximate surface area is 143 Å².